The van der Waals surface area contributed by atoms with Crippen molar-refractivity contribution in [3.63, 3.8) is 0 Å². The van der Waals surface area contributed by atoms with Gasteiger partial charge in [-0.1, -0.05) is 30.3 Å². The fourth-order valence-corrected chi connectivity index (χ4v) is 3.47. The van der Waals surface area contributed by atoms with E-state index in [0.717, 1.165) is 24.5 Å². The predicted molar refractivity (Wildman–Crippen MR) is 77.6 cm³/mol. The van der Waals surface area contributed by atoms with Gasteiger partial charge in [0, 0.05) is 24.3 Å². The summed E-state index contributed by atoms with van der Waals surface area (Å²) in [6, 6.07) is 10.5. The number of amides is 1. The lowest BCUT2D eigenvalue weighted by Gasteiger charge is -2.29. The van der Waals surface area contributed by atoms with E-state index in [-0.39, 0.29) is 12.0 Å². The molecule has 1 saturated heterocycles. The van der Waals surface area contributed by atoms with Gasteiger partial charge in [0.2, 0.25) is 5.91 Å². The van der Waals surface area contributed by atoms with Gasteiger partial charge in [0.25, 0.3) is 0 Å². The Bertz CT molecular complexity index is 385. The van der Waals surface area contributed by atoms with E-state index in [1.54, 1.807) is 0 Å². The molecule has 1 amide bonds. The molecule has 1 unspecified atom stereocenters. The largest absolute Gasteiger partial charge is 0.336 e. The number of rotatable bonds is 4. The summed E-state index contributed by atoms with van der Waals surface area (Å²) in [6.07, 6.45) is 1.04. The van der Waals surface area contributed by atoms with Crippen LogP contribution < -0.4 is 0 Å². The predicted octanol–water partition coefficient (Wildman–Crippen LogP) is 3.18. The van der Waals surface area contributed by atoms with Gasteiger partial charge in [-0.3, -0.25) is 4.79 Å². The lowest BCUT2D eigenvalue weighted by atomic mass is 10.1. The number of hydrogen-bond acceptors (Lipinski definition) is 2. The maximum atomic E-state index is 12.5. The molecule has 0 radical (unpaired) electrons. The van der Waals surface area contributed by atoms with Crippen LogP contribution in [-0.2, 0) is 11.3 Å². The van der Waals surface area contributed by atoms with Crippen molar-refractivity contribution < 1.29 is 4.79 Å². The van der Waals surface area contributed by atoms with E-state index < -0.39 is 0 Å². The highest BCUT2D eigenvalue weighted by molar-refractivity contribution is 7.99. The van der Waals surface area contributed by atoms with Crippen molar-refractivity contribution in [1.82, 2.24) is 4.90 Å². The van der Waals surface area contributed by atoms with Crippen LogP contribution in [0.5, 0.6) is 0 Å². The summed E-state index contributed by atoms with van der Waals surface area (Å²) in [7, 11) is 0. The zero-order valence-corrected chi connectivity index (χ0v) is 12.0. The van der Waals surface area contributed by atoms with Gasteiger partial charge in [0.15, 0.2) is 0 Å². The molecule has 1 fully saturated rings. The van der Waals surface area contributed by atoms with Gasteiger partial charge >= 0.3 is 0 Å². The zero-order chi connectivity index (χ0) is 13.0. The SMILES string of the molecule is CC(C)N(Cc1ccccc1)C(=O)C1CCSC1. The van der Waals surface area contributed by atoms with Crippen molar-refractivity contribution in [3.05, 3.63) is 35.9 Å². The second-order valence-electron chi connectivity index (χ2n) is 5.11. The fourth-order valence-electron chi connectivity index (χ4n) is 2.26. The minimum absolute atomic E-state index is 0.237. The minimum atomic E-state index is 0.237. The first kappa shape index (κ1) is 13.5. The Kier molecular flexibility index (Phi) is 4.70. The highest BCUT2D eigenvalue weighted by Crippen LogP contribution is 2.26. The first-order valence-electron chi connectivity index (χ1n) is 6.60. The molecule has 0 spiro atoms. The summed E-state index contributed by atoms with van der Waals surface area (Å²) >= 11 is 1.90. The Balaban J connectivity index is 2.06. The zero-order valence-electron chi connectivity index (χ0n) is 11.1. The Morgan fingerprint density at radius 2 is 2.11 bits per heavy atom. The summed E-state index contributed by atoms with van der Waals surface area (Å²) < 4.78 is 0. The lowest BCUT2D eigenvalue weighted by Crippen LogP contribution is -2.40. The summed E-state index contributed by atoms with van der Waals surface area (Å²) in [5, 5.41) is 0. The third-order valence-electron chi connectivity index (χ3n) is 3.38. The molecule has 1 aromatic carbocycles. The Morgan fingerprint density at radius 1 is 1.39 bits per heavy atom. The molecule has 1 aliphatic heterocycles. The van der Waals surface area contributed by atoms with Gasteiger partial charge in [-0.2, -0.15) is 11.8 Å². The summed E-state index contributed by atoms with van der Waals surface area (Å²) in [5.41, 5.74) is 1.21. The monoisotopic (exact) mass is 263 g/mol. The van der Waals surface area contributed by atoms with E-state index in [4.69, 9.17) is 0 Å². The number of benzene rings is 1. The Hall–Kier alpha value is -0.960. The smallest absolute Gasteiger partial charge is 0.227 e. The molecule has 1 atom stereocenters. The molecule has 0 aliphatic carbocycles. The minimum Gasteiger partial charge on any atom is -0.336 e. The molecular weight excluding hydrogens is 242 g/mol. The molecule has 0 N–H and O–H groups in total. The molecule has 0 aromatic heterocycles. The van der Waals surface area contributed by atoms with Crippen LogP contribution in [0, 0.1) is 5.92 Å². The summed E-state index contributed by atoms with van der Waals surface area (Å²) in [5.74, 6) is 2.70. The van der Waals surface area contributed by atoms with Gasteiger partial charge in [0.05, 0.1) is 0 Å². The van der Waals surface area contributed by atoms with Crippen molar-refractivity contribution in [2.45, 2.75) is 32.9 Å². The molecule has 2 nitrogen and oxygen atoms in total. The molecule has 18 heavy (non-hydrogen) atoms. The maximum Gasteiger partial charge on any atom is 0.227 e. The van der Waals surface area contributed by atoms with Crippen LogP contribution in [0.2, 0.25) is 0 Å². The van der Waals surface area contributed by atoms with E-state index >= 15 is 0 Å². The normalized spacial score (nSPS) is 19.2. The number of carbonyl (C=O) groups excluding carboxylic acids is 1. The average Bonchev–Trinajstić information content (AvgIpc) is 2.90. The lowest BCUT2D eigenvalue weighted by molar-refractivity contribution is -0.137. The van der Waals surface area contributed by atoms with Crippen molar-refractivity contribution in [2.24, 2.45) is 5.92 Å². The molecule has 1 aliphatic rings. The Morgan fingerprint density at radius 3 is 2.67 bits per heavy atom. The van der Waals surface area contributed by atoms with Crippen molar-refractivity contribution >= 4 is 17.7 Å². The van der Waals surface area contributed by atoms with Crippen LogP contribution in [0.1, 0.15) is 25.8 Å². The second-order valence-corrected chi connectivity index (χ2v) is 6.26. The molecule has 98 valence electrons. The number of thioether (sulfide) groups is 1. The van der Waals surface area contributed by atoms with E-state index in [2.05, 4.69) is 26.0 Å². The van der Waals surface area contributed by atoms with Gasteiger partial charge in [-0.05, 0) is 31.6 Å². The molecule has 3 heteroatoms. The second kappa shape index (κ2) is 6.28. The van der Waals surface area contributed by atoms with Crippen molar-refractivity contribution in [2.75, 3.05) is 11.5 Å². The topological polar surface area (TPSA) is 20.3 Å². The van der Waals surface area contributed by atoms with Crippen molar-refractivity contribution in [3.8, 4) is 0 Å². The van der Waals surface area contributed by atoms with Gasteiger partial charge < -0.3 is 4.90 Å². The van der Waals surface area contributed by atoms with Gasteiger partial charge in [0.1, 0.15) is 0 Å². The molecule has 1 heterocycles. The Labute approximate surface area is 114 Å². The molecular formula is C15H21NOS. The average molecular weight is 263 g/mol. The fraction of sp³-hybridized carbons (Fsp3) is 0.533. The van der Waals surface area contributed by atoms with Crippen LogP contribution in [0.25, 0.3) is 0 Å². The third kappa shape index (κ3) is 3.29. The van der Waals surface area contributed by atoms with Gasteiger partial charge in [-0.25, -0.2) is 0 Å². The number of nitrogens with zero attached hydrogens (tertiary/aromatic N) is 1. The van der Waals surface area contributed by atoms with Crippen LogP contribution in [0.4, 0.5) is 0 Å². The van der Waals surface area contributed by atoms with Crippen LogP contribution in [0.15, 0.2) is 30.3 Å². The molecule has 1 aromatic rings. The summed E-state index contributed by atoms with van der Waals surface area (Å²) in [6.45, 7) is 4.93. The first-order chi connectivity index (χ1) is 8.68. The van der Waals surface area contributed by atoms with Gasteiger partial charge in [-0.15, -0.1) is 0 Å². The van der Waals surface area contributed by atoms with Crippen LogP contribution >= 0.6 is 11.8 Å². The van der Waals surface area contributed by atoms with E-state index in [9.17, 15) is 4.79 Å². The number of carbonyl (C=O) groups is 1. The van der Waals surface area contributed by atoms with E-state index in [1.807, 2.05) is 34.9 Å². The highest BCUT2D eigenvalue weighted by atomic mass is 32.2. The third-order valence-corrected chi connectivity index (χ3v) is 4.54. The molecule has 0 bridgehead atoms. The first-order valence-corrected chi connectivity index (χ1v) is 7.76. The summed E-state index contributed by atoms with van der Waals surface area (Å²) in [4.78, 5) is 14.5. The molecule has 2 rings (SSSR count). The number of hydrogen-bond donors (Lipinski definition) is 0. The van der Waals surface area contributed by atoms with E-state index in [0.29, 0.717) is 5.91 Å². The quantitative estimate of drug-likeness (QED) is 0.831. The van der Waals surface area contributed by atoms with Crippen LogP contribution in [-0.4, -0.2) is 28.4 Å². The highest BCUT2D eigenvalue weighted by Gasteiger charge is 2.28. The standard InChI is InChI=1S/C15H21NOS/c1-12(2)16(10-13-6-4-3-5-7-13)15(17)14-8-9-18-11-14/h3-7,12,14H,8-11H2,1-2H3. The molecule has 0 saturated carbocycles. The maximum absolute atomic E-state index is 12.5. The van der Waals surface area contributed by atoms with Crippen molar-refractivity contribution in [1.29, 1.82) is 0 Å². The van der Waals surface area contributed by atoms with E-state index in [1.165, 1.54) is 5.56 Å². The van der Waals surface area contributed by atoms with Crippen LogP contribution in [0.3, 0.4) is 0 Å².